The van der Waals surface area contributed by atoms with Gasteiger partial charge in [0.05, 0.1) is 12.8 Å². The van der Waals surface area contributed by atoms with Crippen LogP contribution in [0.25, 0.3) is 0 Å². The van der Waals surface area contributed by atoms with E-state index in [4.69, 9.17) is 4.42 Å². The maximum Gasteiger partial charge on any atom is 0.118 e. The van der Waals surface area contributed by atoms with Crippen molar-refractivity contribution < 1.29 is 4.42 Å². The molecular formula is C15H26N2O. The molecule has 0 amide bonds. The quantitative estimate of drug-likeness (QED) is 0.871. The number of likely N-dealkylation sites (tertiary alicyclic amines) is 1. The molecule has 2 heterocycles. The van der Waals surface area contributed by atoms with Gasteiger partial charge < -0.3 is 9.73 Å². The van der Waals surface area contributed by atoms with Gasteiger partial charge in [-0.05, 0) is 17.9 Å². The summed E-state index contributed by atoms with van der Waals surface area (Å²) in [5, 5.41) is 3.41. The Morgan fingerprint density at radius 3 is 2.61 bits per heavy atom. The fourth-order valence-electron chi connectivity index (χ4n) is 2.52. The van der Waals surface area contributed by atoms with Crippen LogP contribution < -0.4 is 5.32 Å². The van der Waals surface area contributed by atoms with E-state index in [1.807, 2.05) is 6.26 Å². The molecule has 3 heteroatoms. The number of hydrogen-bond acceptors (Lipinski definition) is 3. The minimum Gasteiger partial charge on any atom is -0.468 e. The minimum atomic E-state index is 0.517. The summed E-state index contributed by atoms with van der Waals surface area (Å²) in [6, 6.07) is 2.70. The lowest BCUT2D eigenvalue weighted by Crippen LogP contribution is -2.21. The summed E-state index contributed by atoms with van der Waals surface area (Å²) in [6.07, 6.45) is 1.88. The Balaban J connectivity index is 1.83. The van der Waals surface area contributed by atoms with Gasteiger partial charge in [0.1, 0.15) is 5.76 Å². The van der Waals surface area contributed by atoms with Crippen LogP contribution in [-0.2, 0) is 13.1 Å². The van der Waals surface area contributed by atoms with Gasteiger partial charge in [0.25, 0.3) is 0 Å². The molecule has 0 bridgehead atoms. The number of hydrogen-bond donors (Lipinski definition) is 1. The summed E-state index contributed by atoms with van der Waals surface area (Å²) in [6.45, 7) is 13.2. The molecule has 0 radical (unpaired) electrons. The highest BCUT2D eigenvalue weighted by Crippen LogP contribution is 2.24. The Kier molecular flexibility index (Phi) is 4.46. The lowest BCUT2D eigenvalue weighted by molar-refractivity contribution is 0.285. The fraction of sp³-hybridized carbons (Fsp3) is 0.733. The van der Waals surface area contributed by atoms with Crippen molar-refractivity contribution in [1.82, 2.24) is 10.2 Å². The zero-order chi connectivity index (χ0) is 13.1. The number of furan rings is 1. The van der Waals surface area contributed by atoms with Gasteiger partial charge in [-0.25, -0.2) is 0 Å². The third kappa shape index (κ3) is 3.59. The molecule has 0 aromatic carbocycles. The normalized spacial score (nSPS) is 25.2. The molecule has 1 fully saturated rings. The van der Waals surface area contributed by atoms with Gasteiger partial charge in [0.15, 0.2) is 0 Å². The molecule has 1 N–H and O–H groups in total. The highest BCUT2D eigenvalue weighted by molar-refractivity contribution is 5.13. The van der Waals surface area contributed by atoms with E-state index in [9.17, 15) is 0 Å². The van der Waals surface area contributed by atoms with Gasteiger partial charge >= 0.3 is 0 Å². The molecule has 0 aliphatic carbocycles. The second kappa shape index (κ2) is 5.89. The Hall–Kier alpha value is -0.800. The van der Waals surface area contributed by atoms with Crippen molar-refractivity contribution in [1.29, 1.82) is 0 Å². The topological polar surface area (TPSA) is 28.4 Å². The van der Waals surface area contributed by atoms with Crippen molar-refractivity contribution >= 4 is 0 Å². The van der Waals surface area contributed by atoms with Gasteiger partial charge in [0.2, 0.25) is 0 Å². The van der Waals surface area contributed by atoms with Gasteiger partial charge in [-0.3, -0.25) is 4.90 Å². The molecule has 2 rings (SSSR count). The molecule has 2 unspecified atom stereocenters. The van der Waals surface area contributed by atoms with Crippen LogP contribution in [0.15, 0.2) is 16.7 Å². The lowest BCUT2D eigenvalue weighted by atomic mass is 10.0. The Bertz CT molecular complexity index is 362. The summed E-state index contributed by atoms with van der Waals surface area (Å²) in [5.74, 6) is 2.71. The van der Waals surface area contributed by atoms with Crippen LogP contribution in [0.2, 0.25) is 0 Å². The van der Waals surface area contributed by atoms with E-state index in [0.29, 0.717) is 6.04 Å². The van der Waals surface area contributed by atoms with E-state index in [0.717, 1.165) is 30.7 Å². The van der Waals surface area contributed by atoms with E-state index >= 15 is 0 Å². The smallest absolute Gasteiger partial charge is 0.118 e. The maximum absolute atomic E-state index is 5.65. The molecule has 1 aliphatic rings. The molecule has 0 spiro atoms. The zero-order valence-electron chi connectivity index (χ0n) is 12.1. The highest BCUT2D eigenvalue weighted by atomic mass is 16.3. The van der Waals surface area contributed by atoms with Crippen LogP contribution in [0.5, 0.6) is 0 Å². The van der Waals surface area contributed by atoms with E-state index in [1.165, 1.54) is 18.7 Å². The van der Waals surface area contributed by atoms with Crippen LogP contribution in [0, 0.1) is 11.8 Å². The average molecular weight is 250 g/mol. The molecule has 18 heavy (non-hydrogen) atoms. The standard InChI is InChI=1S/C15H26N2O/c1-11(2)16-6-14-5-15(18-10-14)9-17-7-12(3)13(4)8-17/h5,10-13,16H,6-9H2,1-4H3. The van der Waals surface area contributed by atoms with Crippen molar-refractivity contribution in [2.24, 2.45) is 11.8 Å². The van der Waals surface area contributed by atoms with Gasteiger partial charge in [-0.15, -0.1) is 0 Å². The molecule has 1 saturated heterocycles. The van der Waals surface area contributed by atoms with Crippen molar-refractivity contribution in [2.75, 3.05) is 13.1 Å². The number of rotatable bonds is 5. The van der Waals surface area contributed by atoms with Crippen LogP contribution in [0.3, 0.4) is 0 Å². The van der Waals surface area contributed by atoms with Gasteiger partial charge in [-0.1, -0.05) is 27.7 Å². The van der Waals surface area contributed by atoms with E-state index in [2.05, 4.69) is 44.0 Å². The second-order valence-corrected chi connectivity index (χ2v) is 6.11. The van der Waals surface area contributed by atoms with Crippen LogP contribution >= 0.6 is 0 Å². The first-order chi connectivity index (χ1) is 8.54. The minimum absolute atomic E-state index is 0.517. The van der Waals surface area contributed by atoms with Crippen LogP contribution in [-0.4, -0.2) is 24.0 Å². The average Bonchev–Trinajstić information content (AvgIpc) is 2.85. The molecule has 1 aromatic heterocycles. The Morgan fingerprint density at radius 1 is 1.33 bits per heavy atom. The van der Waals surface area contributed by atoms with E-state index in [-0.39, 0.29) is 0 Å². The fourth-order valence-corrected chi connectivity index (χ4v) is 2.52. The van der Waals surface area contributed by atoms with Crippen LogP contribution in [0.4, 0.5) is 0 Å². The largest absolute Gasteiger partial charge is 0.468 e. The van der Waals surface area contributed by atoms with Crippen molar-refractivity contribution in [3.05, 3.63) is 23.7 Å². The molecular weight excluding hydrogens is 224 g/mol. The first kappa shape index (κ1) is 13.6. The maximum atomic E-state index is 5.65. The predicted molar refractivity (Wildman–Crippen MR) is 74.3 cm³/mol. The Morgan fingerprint density at radius 2 is 2.00 bits per heavy atom. The van der Waals surface area contributed by atoms with E-state index < -0.39 is 0 Å². The molecule has 1 aromatic rings. The monoisotopic (exact) mass is 250 g/mol. The highest BCUT2D eigenvalue weighted by Gasteiger charge is 2.26. The summed E-state index contributed by atoms with van der Waals surface area (Å²) >= 11 is 0. The lowest BCUT2D eigenvalue weighted by Gasteiger charge is -2.12. The van der Waals surface area contributed by atoms with Gasteiger partial charge in [0, 0.05) is 31.2 Å². The molecule has 102 valence electrons. The van der Waals surface area contributed by atoms with Crippen molar-refractivity contribution in [3.8, 4) is 0 Å². The molecule has 2 atom stereocenters. The van der Waals surface area contributed by atoms with E-state index in [1.54, 1.807) is 0 Å². The molecule has 3 nitrogen and oxygen atoms in total. The third-order valence-electron chi connectivity index (χ3n) is 3.87. The summed E-state index contributed by atoms with van der Waals surface area (Å²) in [4.78, 5) is 2.49. The summed E-state index contributed by atoms with van der Waals surface area (Å²) < 4.78 is 5.65. The molecule has 1 aliphatic heterocycles. The molecule has 0 saturated carbocycles. The summed E-state index contributed by atoms with van der Waals surface area (Å²) in [5.41, 5.74) is 1.25. The van der Waals surface area contributed by atoms with Crippen LogP contribution in [0.1, 0.15) is 39.0 Å². The Labute approximate surface area is 111 Å². The SMILES string of the molecule is CC(C)NCc1coc(CN2CC(C)C(C)C2)c1. The summed E-state index contributed by atoms with van der Waals surface area (Å²) in [7, 11) is 0. The van der Waals surface area contributed by atoms with Crippen molar-refractivity contribution in [3.63, 3.8) is 0 Å². The first-order valence-electron chi connectivity index (χ1n) is 7.06. The first-order valence-corrected chi connectivity index (χ1v) is 7.06. The number of nitrogens with one attached hydrogen (secondary N) is 1. The van der Waals surface area contributed by atoms with Gasteiger partial charge in [-0.2, -0.15) is 0 Å². The predicted octanol–water partition coefficient (Wildman–Crippen LogP) is 2.87. The zero-order valence-corrected chi connectivity index (χ0v) is 12.1. The van der Waals surface area contributed by atoms with Crippen molar-refractivity contribution in [2.45, 2.75) is 46.8 Å². The third-order valence-corrected chi connectivity index (χ3v) is 3.87. The number of nitrogens with zero attached hydrogens (tertiary/aromatic N) is 1. The second-order valence-electron chi connectivity index (χ2n) is 6.11.